The monoisotopic (exact) mass is 419 g/mol. The zero-order valence-corrected chi connectivity index (χ0v) is 17.1. The number of hydrogen-bond donors (Lipinski definition) is 1. The molecule has 0 radical (unpaired) electrons. The fourth-order valence-electron chi connectivity index (χ4n) is 2.87. The first-order valence-electron chi connectivity index (χ1n) is 9.03. The molecule has 0 unspecified atom stereocenters. The molecule has 3 rings (SSSR count). The van der Waals surface area contributed by atoms with E-state index in [4.69, 9.17) is 11.6 Å². The average Bonchev–Trinajstić information content (AvgIpc) is 3.01. The van der Waals surface area contributed by atoms with Gasteiger partial charge in [0.2, 0.25) is 5.91 Å². The number of fused-ring (bicyclic) bond motifs is 1. The van der Waals surface area contributed by atoms with Gasteiger partial charge in [-0.1, -0.05) is 41.9 Å². The first kappa shape index (κ1) is 20.4. The van der Waals surface area contributed by atoms with Crippen LogP contribution in [0, 0.1) is 6.92 Å². The van der Waals surface area contributed by atoms with Crippen LogP contribution in [0.4, 0.5) is 0 Å². The molecule has 28 heavy (non-hydrogen) atoms. The van der Waals surface area contributed by atoms with Crippen molar-refractivity contribution in [2.75, 3.05) is 12.3 Å². The van der Waals surface area contributed by atoms with Crippen molar-refractivity contribution in [1.82, 2.24) is 15.1 Å². The van der Waals surface area contributed by atoms with E-state index in [1.54, 1.807) is 29.1 Å². The number of sulfone groups is 1. The van der Waals surface area contributed by atoms with E-state index in [0.717, 1.165) is 16.5 Å². The summed E-state index contributed by atoms with van der Waals surface area (Å²) < 4.78 is 26.8. The summed E-state index contributed by atoms with van der Waals surface area (Å²) in [5.74, 6) is -0.496. The number of amides is 1. The van der Waals surface area contributed by atoms with E-state index in [2.05, 4.69) is 10.4 Å². The third kappa shape index (κ3) is 5.11. The molecule has 0 atom stereocenters. The van der Waals surface area contributed by atoms with Crippen molar-refractivity contribution in [2.24, 2.45) is 0 Å². The second-order valence-corrected chi connectivity index (χ2v) is 9.12. The molecule has 0 aliphatic rings. The highest BCUT2D eigenvalue weighted by Crippen LogP contribution is 2.20. The SMILES string of the molecule is Cc1nn(CCCNC(=O)CCS(=O)(=O)c2ccc3ccccc3c2)cc1Cl. The molecule has 6 nitrogen and oxygen atoms in total. The Labute approximate surface area is 169 Å². The van der Waals surface area contributed by atoms with E-state index in [-0.39, 0.29) is 23.0 Å². The summed E-state index contributed by atoms with van der Waals surface area (Å²) in [6, 6.07) is 12.6. The van der Waals surface area contributed by atoms with Crippen molar-refractivity contribution in [3.8, 4) is 0 Å². The van der Waals surface area contributed by atoms with Crippen molar-refractivity contribution in [3.05, 3.63) is 59.4 Å². The Morgan fingerprint density at radius 3 is 2.64 bits per heavy atom. The van der Waals surface area contributed by atoms with Gasteiger partial charge in [-0.2, -0.15) is 5.10 Å². The van der Waals surface area contributed by atoms with Gasteiger partial charge in [-0.05, 0) is 36.2 Å². The van der Waals surface area contributed by atoms with Crippen LogP contribution in [0.5, 0.6) is 0 Å². The summed E-state index contributed by atoms with van der Waals surface area (Å²) in [5, 5.41) is 9.45. The molecule has 8 heteroatoms. The van der Waals surface area contributed by atoms with Gasteiger partial charge in [0, 0.05) is 25.7 Å². The molecule has 0 aliphatic carbocycles. The number of hydrogen-bond acceptors (Lipinski definition) is 4. The Kier molecular flexibility index (Phi) is 6.36. The highest BCUT2D eigenvalue weighted by Gasteiger charge is 2.16. The largest absolute Gasteiger partial charge is 0.356 e. The molecule has 148 valence electrons. The van der Waals surface area contributed by atoms with Crippen molar-refractivity contribution in [2.45, 2.75) is 31.2 Å². The summed E-state index contributed by atoms with van der Waals surface area (Å²) in [7, 11) is -3.51. The number of aromatic nitrogens is 2. The maximum Gasteiger partial charge on any atom is 0.221 e. The van der Waals surface area contributed by atoms with Gasteiger partial charge in [-0.15, -0.1) is 0 Å². The topological polar surface area (TPSA) is 81.1 Å². The van der Waals surface area contributed by atoms with Crippen LogP contribution in [0.1, 0.15) is 18.5 Å². The summed E-state index contributed by atoms with van der Waals surface area (Å²) in [6.07, 6.45) is 2.36. The van der Waals surface area contributed by atoms with Gasteiger partial charge >= 0.3 is 0 Å². The summed E-state index contributed by atoms with van der Waals surface area (Å²) in [4.78, 5) is 12.2. The molecule has 0 bridgehead atoms. The predicted molar refractivity (Wildman–Crippen MR) is 110 cm³/mol. The molecule has 0 aliphatic heterocycles. The number of nitrogens with zero attached hydrogens (tertiary/aromatic N) is 2. The lowest BCUT2D eigenvalue weighted by atomic mass is 10.1. The second kappa shape index (κ2) is 8.75. The van der Waals surface area contributed by atoms with E-state index in [9.17, 15) is 13.2 Å². The lowest BCUT2D eigenvalue weighted by Gasteiger charge is -2.07. The van der Waals surface area contributed by atoms with Gasteiger partial charge in [0.15, 0.2) is 9.84 Å². The minimum absolute atomic E-state index is 0.0676. The molecule has 1 heterocycles. The van der Waals surface area contributed by atoms with Crippen LogP contribution in [0.25, 0.3) is 10.8 Å². The molecule has 1 N–H and O–H groups in total. The Balaban J connectivity index is 1.47. The van der Waals surface area contributed by atoms with Crippen LogP contribution < -0.4 is 5.32 Å². The maximum atomic E-state index is 12.5. The molecule has 1 amide bonds. The Bertz CT molecular complexity index is 1070. The van der Waals surface area contributed by atoms with Gasteiger partial charge in [0.1, 0.15) is 0 Å². The molecular formula is C20H22ClN3O3S. The van der Waals surface area contributed by atoms with Gasteiger partial charge in [0.25, 0.3) is 0 Å². The fourth-order valence-corrected chi connectivity index (χ4v) is 4.29. The van der Waals surface area contributed by atoms with Crippen LogP contribution >= 0.6 is 11.6 Å². The Morgan fingerprint density at radius 2 is 1.93 bits per heavy atom. The summed E-state index contributed by atoms with van der Waals surface area (Å²) in [6.45, 7) is 2.91. The quantitative estimate of drug-likeness (QED) is 0.567. The highest BCUT2D eigenvalue weighted by molar-refractivity contribution is 7.91. The van der Waals surface area contributed by atoms with Crippen molar-refractivity contribution in [1.29, 1.82) is 0 Å². The minimum atomic E-state index is -3.51. The van der Waals surface area contributed by atoms with Crippen molar-refractivity contribution >= 4 is 38.1 Å². The molecule has 3 aromatic rings. The van der Waals surface area contributed by atoms with E-state index in [0.29, 0.717) is 24.5 Å². The van der Waals surface area contributed by atoms with E-state index in [1.807, 2.05) is 31.2 Å². The lowest BCUT2D eigenvalue weighted by Crippen LogP contribution is -2.27. The number of aryl methyl sites for hydroxylation is 2. The molecule has 2 aromatic carbocycles. The van der Waals surface area contributed by atoms with Crippen LogP contribution in [0.3, 0.4) is 0 Å². The number of carbonyl (C=O) groups excluding carboxylic acids is 1. The zero-order chi connectivity index (χ0) is 20.1. The number of nitrogens with one attached hydrogen (secondary N) is 1. The number of carbonyl (C=O) groups is 1. The molecule has 1 aromatic heterocycles. The molecule has 0 spiro atoms. The van der Waals surface area contributed by atoms with Crippen LogP contribution in [0.2, 0.25) is 5.02 Å². The first-order chi connectivity index (χ1) is 13.3. The van der Waals surface area contributed by atoms with Crippen LogP contribution in [-0.2, 0) is 21.2 Å². The standard InChI is InChI=1S/C20H22ClN3O3S/c1-15-19(21)14-24(23-15)11-4-10-22-20(25)9-12-28(26,27)18-8-7-16-5-2-3-6-17(16)13-18/h2-3,5-8,13-14H,4,9-12H2,1H3,(H,22,25). The van der Waals surface area contributed by atoms with E-state index < -0.39 is 9.84 Å². The van der Waals surface area contributed by atoms with Crippen molar-refractivity contribution < 1.29 is 13.2 Å². The van der Waals surface area contributed by atoms with Crippen molar-refractivity contribution in [3.63, 3.8) is 0 Å². The van der Waals surface area contributed by atoms with Gasteiger partial charge < -0.3 is 5.32 Å². The van der Waals surface area contributed by atoms with Crippen LogP contribution in [-0.4, -0.2) is 36.4 Å². The average molecular weight is 420 g/mol. The first-order valence-corrected chi connectivity index (χ1v) is 11.1. The number of benzene rings is 2. The molecular weight excluding hydrogens is 398 g/mol. The van der Waals surface area contributed by atoms with Crippen LogP contribution in [0.15, 0.2) is 53.6 Å². The third-order valence-corrected chi connectivity index (χ3v) is 6.54. The smallest absolute Gasteiger partial charge is 0.221 e. The van der Waals surface area contributed by atoms with Gasteiger partial charge in [0.05, 0.1) is 21.4 Å². The second-order valence-electron chi connectivity index (χ2n) is 6.61. The Hall–Kier alpha value is -2.38. The fraction of sp³-hybridized carbons (Fsp3) is 0.300. The number of rotatable bonds is 8. The molecule has 0 saturated heterocycles. The third-order valence-electron chi connectivity index (χ3n) is 4.45. The van der Waals surface area contributed by atoms with Gasteiger partial charge in [-0.3, -0.25) is 9.48 Å². The predicted octanol–water partition coefficient (Wildman–Crippen LogP) is 3.37. The lowest BCUT2D eigenvalue weighted by molar-refractivity contribution is -0.120. The summed E-state index contributed by atoms with van der Waals surface area (Å²) in [5.41, 5.74) is 0.768. The molecule has 0 saturated carbocycles. The highest BCUT2D eigenvalue weighted by atomic mass is 35.5. The minimum Gasteiger partial charge on any atom is -0.356 e. The Morgan fingerprint density at radius 1 is 1.18 bits per heavy atom. The van der Waals surface area contributed by atoms with E-state index >= 15 is 0 Å². The van der Waals surface area contributed by atoms with E-state index in [1.165, 1.54) is 0 Å². The number of halogens is 1. The molecule has 0 fully saturated rings. The van der Waals surface area contributed by atoms with Gasteiger partial charge in [-0.25, -0.2) is 8.42 Å². The maximum absolute atomic E-state index is 12.5. The zero-order valence-electron chi connectivity index (χ0n) is 15.6. The normalized spacial score (nSPS) is 11.6. The summed E-state index contributed by atoms with van der Waals surface area (Å²) >= 11 is 5.95.